The Labute approximate surface area is 204 Å². The number of rotatable bonds is 9. The molecule has 1 heterocycles. The van der Waals surface area contributed by atoms with E-state index >= 15 is 0 Å². The molecule has 34 heavy (non-hydrogen) atoms. The second kappa shape index (κ2) is 11.4. The number of hydrogen-bond donors (Lipinski definition) is 0. The third-order valence-electron chi connectivity index (χ3n) is 6.26. The van der Waals surface area contributed by atoms with Gasteiger partial charge in [-0.05, 0) is 53.0 Å². The van der Waals surface area contributed by atoms with Crippen molar-refractivity contribution in [3.05, 3.63) is 63.8 Å². The fourth-order valence-electron chi connectivity index (χ4n) is 4.53. The number of hydrogen-bond acceptors (Lipinski definition) is 5. The summed E-state index contributed by atoms with van der Waals surface area (Å²) in [7, 11) is 6.84. The van der Waals surface area contributed by atoms with Gasteiger partial charge in [0.25, 0.3) is 0 Å². The van der Waals surface area contributed by atoms with E-state index in [9.17, 15) is 0 Å². The maximum absolute atomic E-state index is 6.28. The first kappa shape index (κ1) is 25.5. The summed E-state index contributed by atoms with van der Waals surface area (Å²) in [4.78, 5) is 0. The van der Waals surface area contributed by atoms with E-state index in [1.807, 2.05) is 12.1 Å². The maximum Gasteiger partial charge on any atom is 0.132 e. The van der Waals surface area contributed by atoms with Gasteiger partial charge in [0.05, 0.1) is 35.0 Å². The minimum atomic E-state index is 0.123. The maximum atomic E-state index is 6.28. The molecule has 0 bridgehead atoms. The van der Waals surface area contributed by atoms with Crippen LogP contribution in [0.15, 0.2) is 41.5 Å². The molecule has 1 aliphatic rings. The standard InChI is InChI=1S/C29H38O5/c1-18(2)9-11-22-25(30-5)14-13-21(28(22)32-7)20-15-24-27(34-17-20)16-26(31-6)23(29(24)33-8)12-10-19(3)4/h9-10,13-14,16,20H,11-12,15,17H2,1-8H3. The van der Waals surface area contributed by atoms with Crippen molar-refractivity contribution in [1.82, 2.24) is 0 Å². The van der Waals surface area contributed by atoms with Crippen LogP contribution in [0.3, 0.4) is 0 Å². The van der Waals surface area contributed by atoms with Gasteiger partial charge in [-0.15, -0.1) is 0 Å². The summed E-state index contributed by atoms with van der Waals surface area (Å²) < 4.78 is 29.5. The van der Waals surface area contributed by atoms with Crippen molar-refractivity contribution in [3.63, 3.8) is 0 Å². The van der Waals surface area contributed by atoms with Gasteiger partial charge in [0, 0.05) is 34.2 Å². The summed E-state index contributed by atoms with van der Waals surface area (Å²) in [6.45, 7) is 8.94. The van der Waals surface area contributed by atoms with Gasteiger partial charge in [-0.25, -0.2) is 0 Å². The zero-order valence-electron chi connectivity index (χ0n) is 21.8. The molecule has 1 atom stereocenters. The summed E-state index contributed by atoms with van der Waals surface area (Å²) >= 11 is 0. The molecule has 5 heteroatoms. The number of methoxy groups -OCH3 is 4. The van der Waals surface area contributed by atoms with E-state index < -0.39 is 0 Å². The SMILES string of the molecule is COc1ccc(C2COc3cc(OC)c(CC=C(C)C)c(OC)c3C2)c(OC)c1CC=C(C)C. The Morgan fingerprint density at radius 3 is 1.94 bits per heavy atom. The van der Waals surface area contributed by atoms with E-state index in [2.05, 4.69) is 45.9 Å². The summed E-state index contributed by atoms with van der Waals surface area (Å²) in [6.07, 6.45) is 6.66. The van der Waals surface area contributed by atoms with Gasteiger partial charge in [-0.2, -0.15) is 0 Å². The first-order chi connectivity index (χ1) is 16.3. The molecule has 0 N–H and O–H groups in total. The van der Waals surface area contributed by atoms with Gasteiger partial charge >= 0.3 is 0 Å². The summed E-state index contributed by atoms with van der Waals surface area (Å²) in [5.41, 5.74) is 6.80. The number of allylic oxidation sites excluding steroid dienone is 4. The monoisotopic (exact) mass is 466 g/mol. The van der Waals surface area contributed by atoms with Crippen molar-refractivity contribution in [1.29, 1.82) is 0 Å². The normalized spacial score (nSPS) is 14.4. The first-order valence-corrected chi connectivity index (χ1v) is 11.7. The predicted molar refractivity (Wildman–Crippen MR) is 137 cm³/mol. The molecule has 0 aliphatic carbocycles. The number of fused-ring (bicyclic) bond motifs is 1. The number of benzene rings is 2. The van der Waals surface area contributed by atoms with Crippen LogP contribution in [0.2, 0.25) is 0 Å². The zero-order chi connectivity index (χ0) is 24.8. The smallest absolute Gasteiger partial charge is 0.132 e. The molecule has 0 radical (unpaired) electrons. The molecular formula is C29H38O5. The average molecular weight is 467 g/mol. The van der Waals surface area contributed by atoms with Gasteiger partial charge in [0.15, 0.2) is 0 Å². The second-order valence-corrected chi connectivity index (χ2v) is 9.12. The molecule has 2 aromatic carbocycles. The Morgan fingerprint density at radius 1 is 0.824 bits per heavy atom. The number of ether oxygens (including phenoxy) is 5. The Morgan fingerprint density at radius 2 is 1.41 bits per heavy atom. The lowest BCUT2D eigenvalue weighted by Crippen LogP contribution is -2.21. The van der Waals surface area contributed by atoms with E-state index in [-0.39, 0.29) is 5.92 Å². The summed E-state index contributed by atoms with van der Waals surface area (Å²) in [5.74, 6) is 4.28. The van der Waals surface area contributed by atoms with E-state index in [4.69, 9.17) is 23.7 Å². The Hall–Kier alpha value is -3.08. The lowest BCUT2D eigenvalue weighted by Gasteiger charge is -2.30. The van der Waals surface area contributed by atoms with E-state index in [1.54, 1.807) is 28.4 Å². The van der Waals surface area contributed by atoms with Gasteiger partial charge < -0.3 is 23.7 Å². The van der Waals surface area contributed by atoms with Gasteiger partial charge in [-0.3, -0.25) is 0 Å². The Bertz CT molecular complexity index is 1070. The largest absolute Gasteiger partial charge is 0.496 e. The van der Waals surface area contributed by atoms with Gasteiger partial charge in [-0.1, -0.05) is 29.4 Å². The van der Waals surface area contributed by atoms with Crippen molar-refractivity contribution in [2.24, 2.45) is 0 Å². The molecule has 0 saturated carbocycles. The van der Waals surface area contributed by atoms with Crippen LogP contribution < -0.4 is 23.7 Å². The lowest BCUT2D eigenvalue weighted by atomic mass is 9.86. The fourth-order valence-corrected chi connectivity index (χ4v) is 4.53. The minimum absolute atomic E-state index is 0.123. The van der Waals surface area contributed by atoms with Gasteiger partial charge in [0.2, 0.25) is 0 Å². The van der Waals surface area contributed by atoms with Crippen molar-refractivity contribution >= 4 is 0 Å². The van der Waals surface area contributed by atoms with E-state index in [0.717, 1.165) is 70.3 Å². The molecular weight excluding hydrogens is 428 g/mol. The van der Waals surface area contributed by atoms with Crippen molar-refractivity contribution in [3.8, 4) is 28.7 Å². The molecule has 0 fully saturated rings. The van der Waals surface area contributed by atoms with Crippen LogP contribution in [0.25, 0.3) is 0 Å². The molecule has 184 valence electrons. The fraction of sp³-hybridized carbons (Fsp3) is 0.448. The van der Waals surface area contributed by atoms with Crippen LogP contribution in [0, 0.1) is 0 Å². The van der Waals surface area contributed by atoms with Crippen LogP contribution in [0.4, 0.5) is 0 Å². The van der Waals surface area contributed by atoms with Crippen LogP contribution in [-0.4, -0.2) is 35.0 Å². The molecule has 0 amide bonds. The highest BCUT2D eigenvalue weighted by Crippen LogP contribution is 2.47. The van der Waals surface area contributed by atoms with Crippen molar-refractivity contribution in [2.45, 2.75) is 52.9 Å². The third-order valence-corrected chi connectivity index (χ3v) is 6.26. The predicted octanol–water partition coefficient (Wildman–Crippen LogP) is 6.46. The molecule has 0 saturated heterocycles. The molecule has 2 aromatic rings. The average Bonchev–Trinajstić information content (AvgIpc) is 2.83. The van der Waals surface area contributed by atoms with Crippen molar-refractivity contribution < 1.29 is 23.7 Å². The molecule has 5 nitrogen and oxygen atoms in total. The van der Waals surface area contributed by atoms with E-state index in [1.165, 1.54) is 11.1 Å². The van der Waals surface area contributed by atoms with E-state index in [0.29, 0.717) is 6.61 Å². The van der Waals surface area contributed by atoms with Crippen molar-refractivity contribution in [2.75, 3.05) is 35.0 Å². The topological polar surface area (TPSA) is 46.2 Å². The quantitative estimate of drug-likeness (QED) is 0.397. The third kappa shape index (κ3) is 5.35. The highest BCUT2D eigenvalue weighted by molar-refractivity contribution is 5.60. The second-order valence-electron chi connectivity index (χ2n) is 9.12. The molecule has 0 spiro atoms. The Kier molecular flexibility index (Phi) is 8.54. The van der Waals surface area contributed by atoms with Crippen LogP contribution >= 0.6 is 0 Å². The minimum Gasteiger partial charge on any atom is -0.496 e. The molecule has 1 aliphatic heterocycles. The Balaban J connectivity index is 2.08. The van der Waals surface area contributed by atoms with Gasteiger partial charge in [0.1, 0.15) is 28.7 Å². The zero-order valence-corrected chi connectivity index (χ0v) is 21.8. The first-order valence-electron chi connectivity index (χ1n) is 11.7. The lowest BCUT2D eigenvalue weighted by molar-refractivity contribution is 0.251. The van der Waals surface area contributed by atoms with Crippen LogP contribution in [0.5, 0.6) is 28.7 Å². The van der Waals surface area contributed by atoms with Crippen LogP contribution in [-0.2, 0) is 19.3 Å². The highest BCUT2D eigenvalue weighted by Gasteiger charge is 2.30. The summed E-state index contributed by atoms with van der Waals surface area (Å²) in [5, 5.41) is 0. The molecule has 3 rings (SSSR count). The highest BCUT2D eigenvalue weighted by atomic mass is 16.5. The molecule has 0 aromatic heterocycles. The molecule has 1 unspecified atom stereocenters. The van der Waals surface area contributed by atoms with Crippen LogP contribution in [0.1, 0.15) is 55.9 Å². The summed E-state index contributed by atoms with van der Waals surface area (Å²) in [6, 6.07) is 6.13.